The van der Waals surface area contributed by atoms with E-state index in [-0.39, 0.29) is 64.5 Å². The number of alkyl halides is 3. The summed E-state index contributed by atoms with van der Waals surface area (Å²) in [7, 11) is 2.96. The number of para-hydroxylation sites is 1. The van der Waals surface area contributed by atoms with E-state index in [1.165, 1.54) is 38.4 Å². The molecule has 5 amide bonds. The third-order valence-corrected chi connectivity index (χ3v) is 13.3. The van der Waals surface area contributed by atoms with Gasteiger partial charge in [-0.25, -0.2) is 9.37 Å². The number of hydrogen-bond donors (Lipinski definition) is 4. The summed E-state index contributed by atoms with van der Waals surface area (Å²) in [6, 6.07) is 14.9. The van der Waals surface area contributed by atoms with Crippen molar-refractivity contribution in [2.75, 3.05) is 67.3 Å². The highest BCUT2D eigenvalue weighted by molar-refractivity contribution is 6.23. The van der Waals surface area contributed by atoms with E-state index >= 15 is 4.39 Å². The van der Waals surface area contributed by atoms with Gasteiger partial charge in [-0.3, -0.25) is 39.1 Å². The van der Waals surface area contributed by atoms with Crippen molar-refractivity contribution in [3.8, 4) is 5.75 Å². The van der Waals surface area contributed by atoms with Crippen LogP contribution in [-0.4, -0.2) is 109 Å². The number of piperazine rings is 1. The molecule has 3 atom stereocenters. The van der Waals surface area contributed by atoms with Gasteiger partial charge in [-0.2, -0.15) is 13.2 Å². The zero-order valence-electron chi connectivity index (χ0n) is 35.6. The zero-order valence-corrected chi connectivity index (χ0v) is 35.6. The maximum absolute atomic E-state index is 15.8. The Balaban J connectivity index is 0.822. The topological polar surface area (TPSA) is 169 Å². The van der Waals surface area contributed by atoms with Crippen LogP contribution in [-0.2, 0) is 15.8 Å². The number of methoxy groups -OCH3 is 1. The summed E-state index contributed by atoms with van der Waals surface area (Å²) < 4.78 is 63.8. The van der Waals surface area contributed by atoms with Crippen LogP contribution in [0.25, 0.3) is 0 Å². The molecule has 9 rings (SSSR count). The van der Waals surface area contributed by atoms with Crippen LogP contribution in [0.1, 0.15) is 75.2 Å². The Hall–Kier alpha value is -6.76. The molecule has 340 valence electrons. The zero-order chi connectivity index (χ0) is 45.7. The highest BCUT2D eigenvalue weighted by Crippen LogP contribution is 2.41. The molecule has 19 heteroatoms. The molecular weight excluding hydrogens is 851 g/mol. The number of carbonyl (C=O) groups excluding carboxylic acids is 5. The summed E-state index contributed by atoms with van der Waals surface area (Å²) in [5.74, 6) is -2.62. The third-order valence-electron chi connectivity index (χ3n) is 13.3. The molecule has 0 aliphatic carbocycles. The number of halogens is 4. The van der Waals surface area contributed by atoms with Crippen molar-refractivity contribution in [1.82, 2.24) is 25.4 Å². The summed E-state index contributed by atoms with van der Waals surface area (Å²) in [6.07, 6.45) is -0.167. The van der Waals surface area contributed by atoms with Crippen LogP contribution >= 0.6 is 0 Å². The SMILES string of the molecule is CNC(=O)c1ccccc1Nc1cc(Nc2ccc(N3CCC(CN4C5CCC4CN(c4cc6c(cc4F)C(=O)N(C4CCC(=O)NC4=O)C6=O)C5)CC3)cc2OC)ncc1C(F)(F)F. The number of benzene rings is 3. The van der Waals surface area contributed by atoms with E-state index in [0.717, 1.165) is 68.2 Å². The highest BCUT2D eigenvalue weighted by Gasteiger charge is 2.47. The Morgan fingerprint density at radius 3 is 2.23 bits per heavy atom. The molecule has 6 heterocycles. The van der Waals surface area contributed by atoms with Crippen molar-refractivity contribution in [2.24, 2.45) is 5.92 Å². The van der Waals surface area contributed by atoms with Gasteiger partial charge in [0.25, 0.3) is 17.7 Å². The number of rotatable bonds is 11. The molecule has 4 aromatic rings. The second-order valence-electron chi connectivity index (χ2n) is 17.1. The normalized spacial score (nSPS) is 21.4. The Kier molecular flexibility index (Phi) is 11.6. The maximum atomic E-state index is 15.8. The van der Waals surface area contributed by atoms with Gasteiger partial charge in [0.15, 0.2) is 0 Å². The number of nitrogens with one attached hydrogen (secondary N) is 4. The van der Waals surface area contributed by atoms with Crippen molar-refractivity contribution in [3.63, 3.8) is 0 Å². The van der Waals surface area contributed by atoms with Gasteiger partial charge in [0.2, 0.25) is 11.8 Å². The molecule has 3 aromatic carbocycles. The lowest BCUT2D eigenvalue weighted by molar-refractivity contribution is -0.137. The molecule has 15 nitrogen and oxygen atoms in total. The Labute approximate surface area is 371 Å². The summed E-state index contributed by atoms with van der Waals surface area (Å²) in [5.41, 5.74) is 0.757. The number of nitrogens with zero attached hydrogens (tertiary/aromatic N) is 5. The molecule has 0 radical (unpaired) electrons. The number of aromatic nitrogens is 1. The molecule has 0 spiro atoms. The minimum absolute atomic E-state index is 0.00366. The standard InChI is InChI=1S/C46H47F4N9O6/c1-51-42(61)29-5-3-4-6-34(29)53-36-20-40(52-21-32(36)46(48,49)50)54-35-10-9-26(17-39(35)65-2)56-15-13-25(14-16-56)22-58-27-7-8-28(58)24-57(23-27)38-19-31-30(18-33(38)47)44(63)59(45(31)64)37-11-12-41(60)55-43(37)62/h3-6,9-10,17-21,25,27-28,37H,7-8,11-16,22-24H2,1-2H3,(H,51,61)(H2,52,53,54)(H,55,60,62). The Bertz CT molecular complexity index is 2570. The monoisotopic (exact) mass is 897 g/mol. The minimum Gasteiger partial charge on any atom is -0.494 e. The first kappa shape index (κ1) is 43.5. The first-order chi connectivity index (χ1) is 31.2. The third kappa shape index (κ3) is 8.40. The first-order valence-corrected chi connectivity index (χ1v) is 21.6. The number of amides is 5. The fourth-order valence-corrected chi connectivity index (χ4v) is 9.92. The largest absolute Gasteiger partial charge is 0.494 e. The average Bonchev–Trinajstić information content (AvgIpc) is 3.65. The number of hydrogen-bond acceptors (Lipinski definition) is 12. The predicted octanol–water partition coefficient (Wildman–Crippen LogP) is 6.07. The number of anilines is 6. The quantitative estimate of drug-likeness (QED) is 0.102. The van der Waals surface area contributed by atoms with Gasteiger partial charge in [0.05, 0.1) is 52.1 Å². The molecule has 3 unspecified atom stereocenters. The number of fused-ring (bicyclic) bond motifs is 3. The Morgan fingerprint density at radius 1 is 0.846 bits per heavy atom. The van der Waals surface area contributed by atoms with Crippen molar-refractivity contribution in [3.05, 3.63) is 94.9 Å². The second kappa shape index (κ2) is 17.3. The number of ether oxygens (including phenoxy) is 1. The van der Waals surface area contributed by atoms with Crippen molar-refractivity contribution in [2.45, 2.75) is 62.8 Å². The minimum atomic E-state index is -4.72. The van der Waals surface area contributed by atoms with Gasteiger partial charge in [-0.05, 0) is 74.4 Å². The van der Waals surface area contributed by atoms with Crippen LogP contribution in [0.4, 0.5) is 51.8 Å². The number of piperidine rings is 2. The second-order valence-corrected chi connectivity index (χ2v) is 17.1. The van der Waals surface area contributed by atoms with Gasteiger partial charge in [0, 0.05) is 82.3 Å². The van der Waals surface area contributed by atoms with Gasteiger partial charge in [0.1, 0.15) is 23.4 Å². The summed E-state index contributed by atoms with van der Waals surface area (Å²) >= 11 is 0. The number of pyridine rings is 1. The fraction of sp³-hybridized carbons (Fsp3) is 0.391. The molecule has 5 aliphatic rings. The Morgan fingerprint density at radius 2 is 1.55 bits per heavy atom. The van der Waals surface area contributed by atoms with Crippen molar-refractivity contribution in [1.29, 1.82) is 0 Å². The lowest BCUT2D eigenvalue weighted by atomic mass is 9.94. The predicted molar refractivity (Wildman–Crippen MR) is 232 cm³/mol. The first-order valence-electron chi connectivity index (χ1n) is 21.6. The molecule has 4 saturated heterocycles. The molecule has 65 heavy (non-hydrogen) atoms. The molecule has 5 aliphatic heterocycles. The van der Waals surface area contributed by atoms with Gasteiger partial charge in [-0.1, -0.05) is 12.1 Å². The molecule has 0 saturated carbocycles. The summed E-state index contributed by atoms with van der Waals surface area (Å²) in [5, 5.41) is 10.6. The van der Waals surface area contributed by atoms with Gasteiger partial charge < -0.3 is 30.5 Å². The summed E-state index contributed by atoms with van der Waals surface area (Å²) in [6.45, 7) is 3.63. The van der Waals surface area contributed by atoms with Crippen molar-refractivity contribution >= 4 is 63.8 Å². The van der Waals surface area contributed by atoms with E-state index in [1.807, 2.05) is 17.0 Å². The lowest BCUT2D eigenvalue weighted by Gasteiger charge is -2.44. The van der Waals surface area contributed by atoms with E-state index < -0.39 is 53.1 Å². The van der Waals surface area contributed by atoms with Crippen LogP contribution in [0.15, 0.2) is 66.9 Å². The van der Waals surface area contributed by atoms with E-state index in [1.54, 1.807) is 18.2 Å². The number of carbonyl (C=O) groups is 5. The van der Waals surface area contributed by atoms with Gasteiger partial charge in [-0.15, -0.1) is 0 Å². The van der Waals surface area contributed by atoms with E-state index in [0.29, 0.717) is 30.4 Å². The van der Waals surface area contributed by atoms with Crippen LogP contribution in [0.5, 0.6) is 5.75 Å². The molecule has 1 aromatic heterocycles. The smallest absolute Gasteiger partial charge is 0.419 e. The number of imide groups is 2. The van der Waals surface area contributed by atoms with Crippen LogP contribution in [0.2, 0.25) is 0 Å². The molecule has 4 fully saturated rings. The van der Waals surface area contributed by atoms with Crippen LogP contribution in [0, 0.1) is 11.7 Å². The highest BCUT2D eigenvalue weighted by atomic mass is 19.4. The molecule has 4 N–H and O–H groups in total. The fourth-order valence-electron chi connectivity index (χ4n) is 9.92. The van der Waals surface area contributed by atoms with Crippen molar-refractivity contribution < 1.29 is 46.3 Å². The lowest BCUT2D eigenvalue weighted by Crippen LogP contribution is -2.55. The van der Waals surface area contributed by atoms with Gasteiger partial charge >= 0.3 is 6.18 Å². The summed E-state index contributed by atoms with van der Waals surface area (Å²) in [4.78, 5) is 75.1. The van der Waals surface area contributed by atoms with E-state index in [4.69, 9.17) is 4.74 Å². The van der Waals surface area contributed by atoms with E-state index in [9.17, 15) is 37.1 Å². The molecular formula is C46H47F4N9O6. The van der Waals surface area contributed by atoms with E-state index in [2.05, 4.69) is 36.1 Å². The average molecular weight is 898 g/mol. The maximum Gasteiger partial charge on any atom is 0.419 e. The molecule has 2 bridgehead atoms. The van der Waals surface area contributed by atoms with Crippen LogP contribution < -0.4 is 35.8 Å². The van der Waals surface area contributed by atoms with Crippen LogP contribution in [0.3, 0.4) is 0 Å².